The molecule has 0 saturated carbocycles. The number of halogens is 4. The molecule has 5 N–H and O–H groups in total. The largest absolute Gasteiger partial charge is 0.479 e. The first-order valence-corrected chi connectivity index (χ1v) is 11.0. The fourth-order valence-corrected chi connectivity index (χ4v) is 2.60. The summed E-state index contributed by atoms with van der Waals surface area (Å²) in [6.07, 6.45) is -0.486. The van der Waals surface area contributed by atoms with Crippen molar-refractivity contribution in [2.75, 3.05) is 24.7 Å². The Morgan fingerprint density at radius 2 is 1.61 bits per heavy atom. The van der Waals surface area contributed by atoms with Crippen LogP contribution in [0.15, 0.2) is 90.5 Å². The lowest BCUT2D eigenvalue weighted by atomic mass is 10.1. The summed E-state index contributed by atoms with van der Waals surface area (Å²) in [5.74, 6) is -5.51. The second kappa shape index (κ2) is 15.5. The van der Waals surface area contributed by atoms with Crippen LogP contribution >= 0.6 is 0 Å². The Balaban J connectivity index is 0.000000305. The van der Waals surface area contributed by atoms with Gasteiger partial charge in [0.1, 0.15) is 6.61 Å². The number of carbonyl (C=O) groups excluding carboxylic acids is 1. The molecule has 12 heteroatoms. The highest BCUT2D eigenvalue weighted by molar-refractivity contribution is 5.86. The Kier molecular flexibility index (Phi) is 12.8. The van der Waals surface area contributed by atoms with E-state index in [0.29, 0.717) is 22.4 Å². The number of hydrogen-bond donors (Lipinski definition) is 3. The van der Waals surface area contributed by atoms with Crippen molar-refractivity contribution in [1.82, 2.24) is 9.97 Å². The van der Waals surface area contributed by atoms with Gasteiger partial charge in [0, 0.05) is 6.42 Å². The van der Waals surface area contributed by atoms with E-state index >= 15 is 0 Å². The zero-order valence-electron chi connectivity index (χ0n) is 20.6. The minimum Gasteiger partial charge on any atom is -0.479 e. The predicted molar refractivity (Wildman–Crippen MR) is 138 cm³/mol. The minimum absolute atomic E-state index is 0.0209. The van der Waals surface area contributed by atoms with E-state index in [1.807, 2.05) is 12.1 Å². The quantitative estimate of drug-likeness (QED) is 0.0888. The number of rotatable bonds is 8. The van der Waals surface area contributed by atoms with Crippen molar-refractivity contribution in [2.24, 2.45) is 0 Å². The average Bonchev–Trinajstić information content (AvgIpc) is 2.86. The van der Waals surface area contributed by atoms with Crippen molar-refractivity contribution in [2.45, 2.75) is 19.3 Å². The van der Waals surface area contributed by atoms with Crippen LogP contribution in [0.4, 0.5) is 28.9 Å². The molecule has 0 spiro atoms. The number of nitrogens with one attached hydrogen (secondary N) is 1. The van der Waals surface area contributed by atoms with Crippen LogP contribution in [0.1, 0.15) is 19.0 Å². The third kappa shape index (κ3) is 9.80. The number of ether oxygens (including phenoxy) is 2. The number of fused-ring (bicyclic) bond motifs is 1. The van der Waals surface area contributed by atoms with Gasteiger partial charge in [0.15, 0.2) is 5.69 Å². The Morgan fingerprint density at radius 3 is 2.11 bits per heavy atom. The molecule has 0 bridgehead atoms. The summed E-state index contributed by atoms with van der Waals surface area (Å²) < 4.78 is 59.9. The van der Waals surface area contributed by atoms with Crippen LogP contribution in [0.25, 0.3) is 11.0 Å². The molecule has 3 aromatic rings. The number of nitrogens with zero attached hydrogens (tertiary/aromatic N) is 1. The summed E-state index contributed by atoms with van der Waals surface area (Å²) in [6.45, 7) is 7.87. The smallest absolute Gasteiger partial charge is 0.379 e. The standard InChI is InChI=1S/C12H10F2N2O.C8H10F2O3.C6H8N2/c1-2-7-12(13,14)10-11(17)16-9-6-4-3-5-8(9)15-10;1-3-5-13-6(7(9)10)8(11)12-4-2;7-5-3-1-2-4-6(5)8/h2-6H,1,7H2,(H,16,17);3H,1,4-5H2,2H3;1-4H,7-8H2. The number of alkyl halides is 2. The van der Waals surface area contributed by atoms with Crippen LogP contribution in [-0.2, 0) is 20.2 Å². The highest BCUT2D eigenvalue weighted by Gasteiger charge is 2.35. The Labute approximate surface area is 216 Å². The molecule has 38 heavy (non-hydrogen) atoms. The van der Waals surface area contributed by atoms with Crippen LogP contribution in [-0.4, -0.2) is 29.2 Å². The van der Waals surface area contributed by atoms with E-state index in [2.05, 4.69) is 32.6 Å². The number of aromatic nitrogens is 2. The number of esters is 1. The van der Waals surface area contributed by atoms with E-state index in [1.165, 1.54) is 13.0 Å². The molecule has 204 valence electrons. The van der Waals surface area contributed by atoms with Gasteiger partial charge in [-0.05, 0) is 31.2 Å². The van der Waals surface area contributed by atoms with Gasteiger partial charge in [-0.3, -0.25) is 4.79 Å². The summed E-state index contributed by atoms with van der Waals surface area (Å²) in [6, 6.07) is 13.8. The van der Waals surface area contributed by atoms with Crippen LogP contribution in [0, 0.1) is 0 Å². The molecule has 3 rings (SSSR count). The molecule has 2 aromatic carbocycles. The summed E-state index contributed by atoms with van der Waals surface area (Å²) in [5.41, 5.74) is 11.2. The molecule has 0 amide bonds. The Morgan fingerprint density at radius 1 is 1.03 bits per heavy atom. The maximum atomic E-state index is 13.6. The van der Waals surface area contributed by atoms with E-state index in [4.69, 9.17) is 11.5 Å². The van der Waals surface area contributed by atoms with Gasteiger partial charge >= 0.3 is 12.0 Å². The summed E-state index contributed by atoms with van der Waals surface area (Å²) in [4.78, 5) is 28.4. The lowest BCUT2D eigenvalue weighted by molar-refractivity contribution is -0.142. The Hall–Kier alpha value is -4.61. The lowest BCUT2D eigenvalue weighted by Gasteiger charge is -2.12. The van der Waals surface area contributed by atoms with Crippen LogP contribution in [0.2, 0.25) is 0 Å². The molecule has 0 radical (unpaired) electrons. The average molecular weight is 537 g/mol. The van der Waals surface area contributed by atoms with Crippen molar-refractivity contribution >= 4 is 28.4 Å². The van der Waals surface area contributed by atoms with Gasteiger partial charge in [0.25, 0.3) is 17.2 Å². The first-order chi connectivity index (χ1) is 18.0. The molecule has 0 saturated heterocycles. The van der Waals surface area contributed by atoms with Crippen molar-refractivity contribution in [3.05, 3.63) is 102 Å². The van der Waals surface area contributed by atoms with Gasteiger partial charge in [-0.2, -0.15) is 17.6 Å². The molecular formula is C26H28F4N4O4. The van der Waals surface area contributed by atoms with Crippen molar-refractivity contribution in [3.8, 4) is 0 Å². The second-order valence-corrected chi connectivity index (χ2v) is 7.17. The van der Waals surface area contributed by atoms with Crippen molar-refractivity contribution < 1.29 is 31.8 Å². The number of carbonyl (C=O) groups is 1. The number of nitrogens with two attached hydrogens (primary N) is 2. The second-order valence-electron chi connectivity index (χ2n) is 7.17. The molecule has 1 aromatic heterocycles. The third-order valence-electron chi connectivity index (χ3n) is 4.32. The SMILES string of the molecule is C=CCC(F)(F)c1nc2ccccc2[nH]c1=O.C=CCOC(C(=O)OCC)=C(F)F.Nc1ccccc1N. The molecule has 0 atom stereocenters. The van der Waals surface area contributed by atoms with Gasteiger partial charge < -0.3 is 25.9 Å². The molecule has 0 aliphatic rings. The molecule has 1 heterocycles. The van der Waals surface area contributed by atoms with E-state index in [9.17, 15) is 27.2 Å². The Bertz CT molecular complexity index is 1300. The molecule has 0 unspecified atom stereocenters. The van der Waals surface area contributed by atoms with Gasteiger partial charge in [0.2, 0.25) is 0 Å². The zero-order valence-corrected chi connectivity index (χ0v) is 20.6. The van der Waals surface area contributed by atoms with Gasteiger partial charge in [0.05, 0.1) is 29.0 Å². The van der Waals surface area contributed by atoms with Gasteiger partial charge in [-0.15, -0.1) is 6.58 Å². The van der Waals surface area contributed by atoms with E-state index in [-0.39, 0.29) is 13.2 Å². The molecule has 0 aliphatic heterocycles. The topological polar surface area (TPSA) is 133 Å². The summed E-state index contributed by atoms with van der Waals surface area (Å²) in [7, 11) is 0. The number of benzene rings is 2. The fourth-order valence-electron chi connectivity index (χ4n) is 2.60. The van der Waals surface area contributed by atoms with Crippen LogP contribution < -0.4 is 17.0 Å². The number of nitrogen functional groups attached to an aromatic ring is 2. The number of allylic oxidation sites excluding steroid dienone is 1. The van der Waals surface area contributed by atoms with E-state index in [1.54, 1.807) is 36.4 Å². The van der Waals surface area contributed by atoms with Crippen LogP contribution in [0.3, 0.4) is 0 Å². The normalized spacial score (nSPS) is 10.1. The number of anilines is 2. The van der Waals surface area contributed by atoms with Gasteiger partial charge in [-0.25, -0.2) is 9.78 Å². The maximum absolute atomic E-state index is 13.6. The third-order valence-corrected chi connectivity index (χ3v) is 4.32. The fraction of sp³-hybridized carbons (Fsp3) is 0.192. The number of aromatic amines is 1. The molecule has 0 aliphatic carbocycles. The van der Waals surface area contributed by atoms with Crippen molar-refractivity contribution in [1.29, 1.82) is 0 Å². The zero-order chi connectivity index (χ0) is 28.7. The minimum atomic E-state index is -3.29. The highest BCUT2D eigenvalue weighted by Crippen LogP contribution is 2.28. The first-order valence-electron chi connectivity index (χ1n) is 11.0. The predicted octanol–water partition coefficient (Wildman–Crippen LogP) is 5.30. The maximum Gasteiger partial charge on any atom is 0.379 e. The van der Waals surface area contributed by atoms with E-state index < -0.39 is 41.4 Å². The highest BCUT2D eigenvalue weighted by atomic mass is 19.3. The van der Waals surface area contributed by atoms with E-state index in [0.717, 1.165) is 6.08 Å². The summed E-state index contributed by atoms with van der Waals surface area (Å²) in [5, 5.41) is 0. The van der Waals surface area contributed by atoms with Crippen LogP contribution in [0.5, 0.6) is 0 Å². The molecule has 0 fully saturated rings. The number of hydrogen-bond acceptors (Lipinski definition) is 7. The summed E-state index contributed by atoms with van der Waals surface area (Å²) >= 11 is 0. The monoisotopic (exact) mass is 536 g/mol. The van der Waals surface area contributed by atoms with Gasteiger partial charge in [-0.1, -0.05) is 43.0 Å². The molecular weight excluding hydrogens is 508 g/mol. The number of H-pyrrole nitrogens is 1. The molecule has 8 nitrogen and oxygen atoms in total. The lowest BCUT2D eigenvalue weighted by Crippen LogP contribution is -2.26. The van der Waals surface area contributed by atoms with Crippen molar-refractivity contribution in [3.63, 3.8) is 0 Å². The number of para-hydroxylation sites is 4. The first kappa shape index (κ1) is 31.4.